The maximum atomic E-state index is 15.3. The van der Waals surface area contributed by atoms with Gasteiger partial charge in [0, 0.05) is 18.3 Å². The maximum absolute atomic E-state index is 15.3. The molecule has 0 saturated carbocycles. The number of fused-ring (bicyclic) bond motifs is 1. The Morgan fingerprint density at radius 2 is 2.15 bits per heavy atom. The predicted molar refractivity (Wildman–Crippen MR) is 130 cm³/mol. The Labute approximate surface area is 198 Å². The van der Waals surface area contributed by atoms with Gasteiger partial charge in [-0.1, -0.05) is 24.3 Å². The van der Waals surface area contributed by atoms with Crippen molar-refractivity contribution < 1.29 is 9.18 Å². The van der Waals surface area contributed by atoms with Gasteiger partial charge < -0.3 is 5.32 Å². The maximum Gasteiger partial charge on any atom is 0.262 e. The topological polar surface area (TPSA) is 83.9 Å². The minimum absolute atomic E-state index is 0.00954. The quantitative estimate of drug-likeness (QED) is 0.447. The molecule has 1 amide bonds. The van der Waals surface area contributed by atoms with Crippen molar-refractivity contribution in [1.82, 2.24) is 25.5 Å². The second kappa shape index (κ2) is 9.20. The highest BCUT2D eigenvalue weighted by Crippen LogP contribution is 2.33. The van der Waals surface area contributed by atoms with Gasteiger partial charge in [-0.3, -0.25) is 9.69 Å². The summed E-state index contributed by atoms with van der Waals surface area (Å²) in [6.07, 6.45) is 4.20. The van der Waals surface area contributed by atoms with Gasteiger partial charge in [-0.2, -0.15) is 0 Å². The van der Waals surface area contributed by atoms with Crippen LogP contribution in [-0.4, -0.2) is 45.2 Å². The predicted octanol–water partition coefficient (Wildman–Crippen LogP) is 4.62. The molecule has 0 spiro atoms. The van der Waals surface area contributed by atoms with Crippen LogP contribution in [0.25, 0.3) is 20.8 Å². The molecule has 33 heavy (non-hydrogen) atoms. The Balaban J connectivity index is 1.56. The molecule has 10 heteroatoms. The SMILES string of the molecule is CCc1nnc(-c2ccc(C(=O)N(c3nccc4sc(C)nc34)[C@@H]3CCCNC3)c(F)c2)s1. The number of thiazole rings is 1. The molecule has 3 aromatic heterocycles. The van der Waals surface area contributed by atoms with E-state index in [1.165, 1.54) is 23.5 Å². The number of rotatable bonds is 5. The lowest BCUT2D eigenvalue weighted by Crippen LogP contribution is -2.49. The summed E-state index contributed by atoms with van der Waals surface area (Å²) >= 11 is 2.98. The zero-order chi connectivity index (χ0) is 22.9. The van der Waals surface area contributed by atoms with Crippen LogP contribution in [-0.2, 0) is 6.42 Å². The van der Waals surface area contributed by atoms with E-state index in [2.05, 4.69) is 25.5 Å². The fourth-order valence-electron chi connectivity index (χ4n) is 4.08. The third-order valence-corrected chi connectivity index (χ3v) is 7.75. The third-order valence-electron chi connectivity index (χ3n) is 5.69. The Morgan fingerprint density at radius 3 is 2.88 bits per heavy atom. The standard InChI is InChI=1S/C23H23FN6OS2/c1-3-19-28-29-22(33-19)14-6-7-16(17(24)11-14)23(31)30(15-5-4-9-25-12-15)21-20-18(8-10-26-21)32-13(2)27-20/h6-8,10-11,15,25H,3-5,9,12H2,1-2H3/t15-/m1/s1. The van der Waals surface area contributed by atoms with Crippen molar-refractivity contribution in [3.05, 3.63) is 51.9 Å². The Bertz CT molecular complexity index is 1310. The van der Waals surface area contributed by atoms with Gasteiger partial charge in [0.2, 0.25) is 0 Å². The molecule has 1 fully saturated rings. The number of piperidine rings is 1. The van der Waals surface area contributed by atoms with Crippen molar-refractivity contribution in [3.8, 4) is 10.6 Å². The highest BCUT2D eigenvalue weighted by molar-refractivity contribution is 7.18. The molecule has 1 atom stereocenters. The number of aromatic nitrogens is 4. The number of hydrogen-bond acceptors (Lipinski definition) is 8. The summed E-state index contributed by atoms with van der Waals surface area (Å²) in [7, 11) is 0. The third kappa shape index (κ3) is 4.25. The van der Waals surface area contributed by atoms with Crippen molar-refractivity contribution in [3.63, 3.8) is 0 Å². The summed E-state index contributed by atoms with van der Waals surface area (Å²) in [6, 6.07) is 6.39. The van der Waals surface area contributed by atoms with Crippen LogP contribution >= 0.6 is 22.7 Å². The first kappa shape index (κ1) is 22.0. The van der Waals surface area contributed by atoms with E-state index in [4.69, 9.17) is 0 Å². The zero-order valence-electron chi connectivity index (χ0n) is 18.3. The van der Waals surface area contributed by atoms with Gasteiger partial charge in [0.1, 0.15) is 21.3 Å². The van der Waals surface area contributed by atoms with Gasteiger partial charge in [-0.15, -0.1) is 21.5 Å². The number of pyridine rings is 1. The first-order valence-electron chi connectivity index (χ1n) is 10.9. The average Bonchev–Trinajstić information content (AvgIpc) is 3.46. The highest BCUT2D eigenvalue weighted by atomic mass is 32.1. The van der Waals surface area contributed by atoms with Crippen LogP contribution in [0.4, 0.5) is 10.2 Å². The number of aryl methyl sites for hydroxylation is 2. The molecule has 0 aliphatic carbocycles. The van der Waals surface area contributed by atoms with Gasteiger partial charge in [0.05, 0.1) is 21.3 Å². The summed E-state index contributed by atoms with van der Waals surface area (Å²) < 4.78 is 16.3. The number of benzene rings is 1. The normalized spacial score (nSPS) is 16.3. The second-order valence-electron chi connectivity index (χ2n) is 7.94. The van der Waals surface area contributed by atoms with Crippen LogP contribution in [0.3, 0.4) is 0 Å². The minimum atomic E-state index is -0.582. The molecule has 1 aromatic carbocycles. The van der Waals surface area contributed by atoms with Crippen molar-refractivity contribution >= 4 is 44.6 Å². The lowest BCUT2D eigenvalue weighted by molar-refractivity contribution is 0.0968. The largest absolute Gasteiger partial charge is 0.315 e. The van der Waals surface area contributed by atoms with E-state index in [-0.39, 0.29) is 11.6 Å². The smallest absolute Gasteiger partial charge is 0.262 e. The fraction of sp³-hybridized carbons (Fsp3) is 0.348. The van der Waals surface area contributed by atoms with E-state index in [9.17, 15) is 4.79 Å². The number of hydrogen-bond donors (Lipinski definition) is 1. The molecule has 4 aromatic rings. The molecule has 0 radical (unpaired) electrons. The Hall–Kier alpha value is -2.82. The van der Waals surface area contributed by atoms with Crippen molar-refractivity contribution in [2.45, 2.75) is 39.2 Å². The fourth-order valence-corrected chi connectivity index (χ4v) is 5.68. The number of amides is 1. The molecule has 7 nitrogen and oxygen atoms in total. The molecule has 0 unspecified atom stereocenters. The molecule has 1 aliphatic rings. The molecule has 4 heterocycles. The molecule has 1 aliphatic heterocycles. The number of carbonyl (C=O) groups is 1. The minimum Gasteiger partial charge on any atom is -0.315 e. The summed E-state index contributed by atoms with van der Waals surface area (Å²) in [6.45, 7) is 5.45. The second-order valence-corrected chi connectivity index (χ2v) is 10.2. The molecule has 0 bridgehead atoms. The number of anilines is 1. The van der Waals surface area contributed by atoms with E-state index >= 15 is 4.39 Å². The average molecular weight is 483 g/mol. The van der Waals surface area contributed by atoms with Crippen LogP contribution in [0.2, 0.25) is 0 Å². The number of halogens is 1. The van der Waals surface area contributed by atoms with E-state index < -0.39 is 11.7 Å². The zero-order valence-corrected chi connectivity index (χ0v) is 20.0. The van der Waals surface area contributed by atoms with Crippen LogP contribution in [0, 0.1) is 12.7 Å². The summed E-state index contributed by atoms with van der Waals surface area (Å²) in [4.78, 5) is 24.6. The highest BCUT2D eigenvalue weighted by Gasteiger charge is 2.32. The van der Waals surface area contributed by atoms with Crippen LogP contribution in [0.5, 0.6) is 0 Å². The summed E-state index contributed by atoms with van der Waals surface area (Å²) in [5, 5.41) is 14.0. The molecule has 1 saturated heterocycles. The van der Waals surface area contributed by atoms with E-state index in [1.807, 2.05) is 19.9 Å². The molecule has 5 rings (SSSR count). The van der Waals surface area contributed by atoms with E-state index in [0.717, 1.165) is 40.5 Å². The van der Waals surface area contributed by atoms with E-state index in [1.54, 1.807) is 28.5 Å². The molecular formula is C23H23FN6OS2. The van der Waals surface area contributed by atoms with E-state index in [0.29, 0.717) is 28.5 Å². The molecular weight excluding hydrogens is 459 g/mol. The number of nitrogens with zero attached hydrogens (tertiary/aromatic N) is 5. The Morgan fingerprint density at radius 1 is 1.27 bits per heavy atom. The summed E-state index contributed by atoms with van der Waals surface area (Å²) in [5.74, 6) is -0.512. The first-order chi connectivity index (χ1) is 16.0. The van der Waals surface area contributed by atoms with Crippen molar-refractivity contribution in [2.75, 3.05) is 18.0 Å². The summed E-state index contributed by atoms with van der Waals surface area (Å²) in [5.41, 5.74) is 1.30. The van der Waals surface area contributed by atoms with Crippen molar-refractivity contribution in [2.24, 2.45) is 0 Å². The molecule has 170 valence electrons. The van der Waals surface area contributed by atoms with Crippen molar-refractivity contribution in [1.29, 1.82) is 0 Å². The van der Waals surface area contributed by atoms with Gasteiger partial charge in [0.25, 0.3) is 5.91 Å². The van der Waals surface area contributed by atoms with Gasteiger partial charge >= 0.3 is 0 Å². The van der Waals surface area contributed by atoms with Gasteiger partial charge in [-0.05, 0) is 50.9 Å². The first-order valence-corrected chi connectivity index (χ1v) is 12.6. The Kier molecular flexibility index (Phi) is 6.13. The van der Waals surface area contributed by atoms with Gasteiger partial charge in [0.15, 0.2) is 5.82 Å². The molecule has 1 N–H and O–H groups in total. The van der Waals surface area contributed by atoms with Gasteiger partial charge in [-0.25, -0.2) is 14.4 Å². The monoisotopic (exact) mass is 482 g/mol. The van der Waals surface area contributed by atoms with Crippen LogP contribution < -0.4 is 10.2 Å². The number of nitrogens with one attached hydrogen (secondary N) is 1. The lowest BCUT2D eigenvalue weighted by atomic mass is 10.0. The van der Waals surface area contributed by atoms with Crippen LogP contribution in [0.15, 0.2) is 30.5 Å². The lowest BCUT2D eigenvalue weighted by Gasteiger charge is -2.34. The van der Waals surface area contributed by atoms with Crippen LogP contribution in [0.1, 0.15) is 40.1 Å². The number of carbonyl (C=O) groups excluding carboxylic acids is 1.